The van der Waals surface area contributed by atoms with Gasteiger partial charge in [-0.3, -0.25) is 0 Å². The molecule has 1 aromatic rings. The van der Waals surface area contributed by atoms with Crippen molar-refractivity contribution in [3.63, 3.8) is 0 Å². The van der Waals surface area contributed by atoms with Crippen LogP contribution in [0.15, 0.2) is 12.1 Å². The number of hydrogen-bond donors (Lipinski definition) is 0. The maximum atomic E-state index is 5.17. The lowest BCUT2D eigenvalue weighted by Crippen LogP contribution is -2.40. The molecule has 0 aliphatic heterocycles. The fourth-order valence-corrected chi connectivity index (χ4v) is 1.74. The van der Waals surface area contributed by atoms with E-state index in [1.54, 1.807) is 0 Å². The molecule has 0 bridgehead atoms. The molecule has 0 fully saturated rings. The summed E-state index contributed by atoms with van der Waals surface area (Å²) in [5, 5.41) is 9.10. The van der Waals surface area contributed by atoms with E-state index in [2.05, 4.69) is 35.8 Å². The Morgan fingerprint density at radius 3 is 2.25 bits per heavy atom. The highest BCUT2D eigenvalue weighted by Gasteiger charge is 2.18. The monoisotopic (exact) mass is 176 g/mol. The van der Waals surface area contributed by atoms with Crippen LogP contribution >= 0.6 is 0 Å². The Morgan fingerprint density at radius 2 is 1.92 bits per heavy atom. The van der Waals surface area contributed by atoms with Crippen LogP contribution in [0.5, 0.6) is 0 Å². The van der Waals surface area contributed by atoms with Gasteiger partial charge in [-0.05, 0) is 18.1 Å². The summed E-state index contributed by atoms with van der Waals surface area (Å²) in [6.07, 6.45) is 5.17. The van der Waals surface area contributed by atoms with Gasteiger partial charge in [0.1, 0.15) is 13.8 Å². The molecule has 0 amide bonds. The molecule has 1 aromatic heterocycles. The van der Waals surface area contributed by atoms with E-state index in [4.69, 9.17) is 6.42 Å². The fraction of sp³-hybridized carbons (Fsp3) is 0.333. The molecule has 0 unspecified atom stereocenters. The molecule has 1 rings (SSSR count). The Hall–Kier alpha value is -1.14. The maximum absolute atomic E-state index is 5.17. The number of aromatic nitrogens is 2. The predicted octanol–water partition coefficient (Wildman–Crippen LogP) is 1.00. The Balaban J connectivity index is 3.02. The Morgan fingerprint density at radius 1 is 1.25 bits per heavy atom. The summed E-state index contributed by atoms with van der Waals surface area (Å²) in [6.45, 7) is 6.69. The van der Waals surface area contributed by atoms with Gasteiger partial charge in [0.05, 0.1) is 0 Å². The lowest BCUT2D eigenvalue weighted by Gasteiger charge is -2.13. The van der Waals surface area contributed by atoms with E-state index >= 15 is 0 Å². The zero-order chi connectivity index (χ0) is 9.19. The molecular formula is C9H12N2Si. The molecule has 2 nitrogen and oxygen atoms in total. The first-order valence-electron chi connectivity index (χ1n) is 3.85. The second-order valence-corrected chi connectivity index (χ2v) is 8.71. The highest BCUT2D eigenvalue weighted by molar-refractivity contribution is 6.88. The van der Waals surface area contributed by atoms with Gasteiger partial charge in [-0.25, -0.2) is 0 Å². The largest absolute Gasteiger partial charge is 0.159 e. The Bertz CT molecular complexity index is 303. The minimum Gasteiger partial charge on any atom is -0.159 e. The van der Waals surface area contributed by atoms with Crippen molar-refractivity contribution in [3.8, 4) is 12.3 Å². The van der Waals surface area contributed by atoms with Crippen molar-refractivity contribution in [2.45, 2.75) is 19.6 Å². The molecule has 0 saturated carbocycles. The summed E-state index contributed by atoms with van der Waals surface area (Å²) < 4.78 is 0. The van der Waals surface area contributed by atoms with Crippen molar-refractivity contribution in [2.24, 2.45) is 0 Å². The van der Waals surface area contributed by atoms with Crippen LogP contribution in [-0.4, -0.2) is 18.3 Å². The third-order valence-corrected chi connectivity index (χ3v) is 3.38. The molecule has 0 radical (unpaired) electrons. The van der Waals surface area contributed by atoms with Crippen molar-refractivity contribution in [3.05, 3.63) is 17.8 Å². The van der Waals surface area contributed by atoms with Gasteiger partial charge in [-0.2, -0.15) is 5.10 Å². The van der Waals surface area contributed by atoms with Gasteiger partial charge in [0.15, 0.2) is 0 Å². The number of nitrogens with zero attached hydrogens (tertiary/aromatic N) is 2. The van der Waals surface area contributed by atoms with Crippen LogP contribution in [0.2, 0.25) is 19.6 Å². The van der Waals surface area contributed by atoms with Crippen LogP contribution in [0.25, 0.3) is 0 Å². The van der Waals surface area contributed by atoms with Crippen molar-refractivity contribution in [2.75, 3.05) is 0 Å². The van der Waals surface area contributed by atoms with Gasteiger partial charge in [0, 0.05) is 5.32 Å². The number of rotatable bonds is 1. The average Bonchev–Trinajstić information content (AvgIpc) is 2.03. The van der Waals surface area contributed by atoms with Gasteiger partial charge in [0.2, 0.25) is 0 Å². The normalized spacial score (nSPS) is 10.8. The van der Waals surface area contributed by atoms with Crippen LogP contribution in [0, 0.1) is 12.3 Å². The average molecular weight is 176 g/mol. The summed E-state index contributed by atoms with van der Waals surface area (Å²) in [4.78, 5) is 0. The van der Waals surface area contributed by atoms with E-state index in [1.807, 2.05) is 12.1 Å². The molecular weight excluding hydrogens is 164 g/mol. The van der Waals surface area contributed by atoms with Crippen molar-refractivity contribution in [1.82, 2.24) is 10.2 Å². The topological polar surface area (TPSA) is 25.8 Å². The second kappa shape index (κ2) is 3.08. The van der Waals surface area contributed by atoms with Crippen molar-refractivity contribution >= 4 is 13.4 Å². The molecule has 62 valence electrons. The first kappa shape index (κ1) is 8.95. The first-order chi connectivity index (χ1) is 5.54. The molecule has 0 spiro atoms. The van der Waals surface area contributed by atoms with E-state index < -0.39 is 8.07 Å². The van der Waals surface area contributed by atoms with E-state index in [-0.39, 0.29) is 0 Å². The van der Waals surface area contributed by atoms with Crippen LogP contribution in [-0.2, 0) is 0 Å². The highest BCUT2D eigenvalue weighted by atomic mass is 28.3. The smallest absolute Gasteiger partial charge is 0.135 e. The lowest BCUT2D eigenvalue weighted by molar-refractivity contribution is 1.04. The van der Waals surface area contributed by atoms with Gasteiger partial charge in [0.25, 0.3) is 0 Å². The van der Waals surface area contributed by atoms with E-state index in [9.17, 15) is 0 Å². The maximum Gasteiger partial charge on any atom is 0.135 e. The number of terminal acetylenes is 1. The molecule has 0 saturated heterocycles. The first-order valence-corrected chi connectivity index (χ1v) is 7.35. The van der Waals surface area contributed by atoms with E-state index in [0.29, 0.717) is 5.69 Å². The molecule has 0 aliphatic rings. The highest BCUT2D eigenvalue weighted by Crippen LogP contribution is 1.98. The van der Waals surface area contributed by atoms with Crippen LogP contribution in [0.1, 0.15) is 5.69 Å². The molecule has 1 heterocycles. The van der Waals surface area contributed by atoms with Crippen LogP contribution < -0.4 is 5.32 Å². The minimum absolute atomic E-state index is 0.608. The number of hydrogen-bond acceptors (Lipinski definition) is 2. The van der Waals surface area contributed by atoms with E-state index in [1.165, 1.54) is 0 Å². The van der Waals surface area contributed by atoms with Crippen LogP contribution in [0.3, 0.4) is 0 Å². The van der Waals surface area contributed by atoms with Crippen molar-refractivity contribution < 1.29 is 0 Å². The molecule has 0 aliphatic carbocycles. The summed E-state index contributed by atoms with van der Waals surface area (Å²) >= 11 is 0. The Kier molecular flexibility index (Phi) is 2.29. The molecule has 0 aromatic carbocycles. The van der Waals surface area contributed by atoms with Gasteiger partial charge < -0.3 is 0 Å². The third-order valence-electron chi connectivity index (χ3n) is 1.58. The fourth-order valence-electron chi connectivity index (χ4n) is 0.809. The second-order valence-electron chi connectivity index (χ2n) is 3.70. The summed E-state index contributed by atoms with van der Waals surface area (Å²) in [7, 11) is -1.31. The zero-order valence-electron chi connectivity index (χ0n) is 7.63. The van der Waals surface area contributed by atoms with Crippen molar-refractivity contribution in [1.29, 1.82) is 0 Å². The lowest BCUT2D eigenvalue weighted by atomic mass is 10.4. The Labute approximate surface area is 74.0 Å². The van der Waals surface area contributed by atoms with E-state index in [0.717, 1.165) is 5.32 Å². The SMILES string of the molecule is C#Cc1ccc([Si](C)(C)C)nn1. The molecule has 3 heteroatoms. The van der Waals surface area contributed by atoms with Gasteiger partial charge >= 0.3 is 0 Å². The predicted molar refractivity (Wildman–Crippen MR) is 52.9 cm³/mol. The summed E-state index contributed by atoms with van der Waals surface area (Å²) in [6, 6.07) is 3.83. The molecule has 12 heavy (non-hydrogen) atoms. The molecule has 0 atom stereocenters. The molecule has 0 N–H and O–H groups in total. The zero-order valence-corrected chi connectivity index (χ0v) is 8.63. The van der Waals surface area contributed by atoms with Gasteiger partial charge in [-0.1, -0.05) is 19.6 Å². The third kappa shape index (κ3) is 1.92. The minimum atomic E-state index is -1.31. The summed E-state index contributed by atoms with van der Waals surface area (Å²) in [5.74, 6) is 2.45. The summed E-state index contributed by atoms with van der Waals surface area (Å²) in [5.41, 5.74) is 0.608. The van der Waals surface area contributed by atoms with Crippen LogP contribution in [0.4, 0.5) is 0 Å². The standard InChI is InChI=1S/C9H12N2Si/c1-5-8-6-7-9(11-10-8)12(2,3)4/h1,6-7H,2-4H3. The van der Waals surface area contributed by atoms with Gasteiger partial charge in [-0.15, -0.1) is 11.5 Å². The quantitative estimate of drug-likeness (QED) is 0.471.